The molecule has 1 fully saturated rings. The second-order valence-electron chi connectivity index (χ2n) is 5.38. The average molecular weight is 280 g/mol. The molecule has 0 radical (unpaired) electrons. The van der Waals surface area contributed by atoms with E-state index in [1.807, 2.05) is 23.9 Å². The SMILES string of the molecule is COc1ccc(C)cc1CSCC1(CC(=O)O)CC1. The lowest BCUT2D eigenvalue weighted by Crippen LogP contribution is -2.11. The monoisotopic (exact) mass is 280 g/mol. The van der Waals surface area contributed by atoms with Crippen molar-refractivity contribution in [2.45, 2.75) is 31.9 Å². The second-order valence-corrected chi connectivity index (χ2v) is 6.36. The zero-order valence-electron chi connectivity index (χ0n) is 11.4. The molecule has 3 nitrogen and oxygen atoms in total. The summed E-state index contributed by atoms with van der Waals surface area (Å²) < 4.78 is 5.36. The summed E-state index contributed by atoms with van der Waals surface area (Å²) in [5.41, 5.74) is 2.48. The third kappa shape index (κ3) is 3.90. The summed E-state index contributed by atoms with van der Waals surface area (Å²) in [4.78, 5) is 10.8. The standard InChI is InChI=1S/C15H20O3S/c1-11-3-4-13(18-2)12(7-11)9-19-10-15(5-6-15)8-14(16)17/h3-4,7H,5-6,8-10H2,1-2H3,(H,16,17). The van der Waals surface area contributed by atoms with Crippen molar-refractivity contribution in [1.82, 2.24) is 0 Å². The van der Waals surface area contributed by atoms with Crippen LogP contribution in [0.25, 0.3) is 0 Å². The highest BCUT2D eigenvalue weighted by atomic mass is 32.2. The quantitative estimate of drug-likeness (QED) is 0.830. The highest BCUT2D eigenvalue weighted by molar-refractivity contribution is 7.98. The molecule has 0 unspecified atom stereocenters. The first-order valence-electron chi connectivity index (χ1n) is 6.48. The van der Waals surface area contributed by atoms with E-state index in [1.165, 1.54) is 11.1 Å². The summed E-state index contributed by atoms with van der Waals surface area (Å²) >= 11 is 1.81. The maximum Gasteiger partial charge on any atom is 0.303 e. The Morgan fingerprint density at radius 2 is 2.21 bits per heavy atom. The van der Waals surface area contributed by atoms with Gasteiger partial charge in [0, 0.05) is 11.3 Å². The lowest BCUT2D eigenvalue weighted by atomic mass is 10.1. The van der Waals surface area contributed by atoms with Gasteiger partial charge in [-0.1, -0.05) is 17.7 Å². The largest absolute Gasteiger partial charge is 0.496 e. The molecule has 0 bridgehead atoms. The Balaban J connectivity index is 1.89. The van der Waals surface area contributed by atoms with Crippen LogP contribution in [0.15, 0.2) is 18.2 Å². The van der Waals surface area contributed by atoms with E-state index in [1.54, 1.807) is 7.11 Å². The fourth-order valence-electron chi connectivity index (χ4n) is 2.27. The highest BCUT2D eigenvalue weighted by Crippen LogP contribution is 2.51. The minimum absolute atomic E-state index is 0.0631. The lowest BCUT2D eigenvalue weighted by molar-refractivity contribution is -0.138. The van der Waals surface area contributed by atoms with Gasteiger partial charge in [-0.25, -0.2) is 0 Å². The number of benzene rings is 1. The van der Waals surface area contributed by atoms with Crippen molar-refractivity contribution in [3.63, 3.8) is 0 Å². The number of methoxy groups -OCH3 is 1. The molecule has 4 heteroatoms. The van der Waals surface area contributed by atoms with Gasteiger partial charge in [0.1, 0.15) is 5.75 Å². The van der Waals surface area contributed by atoms with Gasteiger partial charge in [-0.15, -0.1) is 0 Å². The summed E-state index contributed by atoms with van der Waals surface area (Å²) in [7, 11) is 1.69. The molecule has 19 heavy (non-hydrogen) atoms. The first-order chi connectivity index (χ1) is 9.04. The zero-order chi connectivity index (χ0) is 13.9. The third-order valence-electron chi connectivity index (χ3n) is 3.59. The second kappa shape index (κ2) is 5.87. The number of aliphatic carboxylic acids is 1. The Kier molecular flexibility index (Phi) is 4.40. The zero-order valence-corrected chi connectivity index (χ0v) is 12.3. The molecule has 0 atom stereocenters. The smallest absolute Gasteiger partial charge is 0.303 e. The normalized spacial score (nSPS) is 16.1. The van der Waals surface area contributed by atoms with Crippen LogP contribution in [0.1, 0.15) is 30.4 Å². The van der Waals surface area contributed by atoms with Gasteiger partial charge < -0.3 is 9.84 Å². The van der Waals surface area contributed by atoms with E-state index in [2.05, 4.69) is 13.0 Å². The van der Waals surface area contributed by atoms with Crippen LogP contribution < -0.4 is 4.74 Å². The Bertz CT molecular complexity index is 466. The molecule has 0 amide bonds. The van der Waals surface area contributed by atoms with E-state index in [0.717, 1.165) is 30.1 Å². The number of carboxylic acid groups (broad SMARTS) is 1. The number of aryl methyl sites for hydroxylation is 1. The Labute approximate surface area is 118 Å². The molecule has 0 aromatic heterocycles. The molecule has 1 saturated carbocycles. The van der Waals surface area contributed by atoms with Gasteiger partial charge >= 0.3 is 5.97 Å². The Morgan fingerprint density at radius 3 is 2.79 bits per heavy atom. The van der Waals surface area contributed by atoms with Gasteiger partial charge in [0.15, 0.2) is 0 Å². The van der Waals surface area contributed by atoms with Crippen LogP contribution >= 0.6 is 11.8 Å². The van der Waals surface area contributed by atoms with Gasteiger partial charge in [-0.05, 0) is 37.0 Å². The van der Waals surface area contributed by atoms with Crippen LogP contribution in [0.4, 0.5) is 0 Å². The fraction of sp³-hybridized carbons (Fsp3) is 0.533. The van der Waals surface area contributed by atoms with E-state index in [0.29, 0.717) is 6.42 Å². The van der Waals surface area contributed by atoms with Crippen LogP contribution in [0.3, 0.4) is 0 Å². The summed E-state index contributed by atoms with van der Waals surface area (Å²) in [5, 5.41) is 8.89. The molecule has 0 heterocycles. The Morgan fingerprint density at radius 1 is 1.47 bits per heavy atom. The first-order valence-corrected chi connectivity index (χ1v) is 7.63. The number of carbonyl (C=O) groups is 1. The number of carboxylic acids is 1. The van der Waals surface area contributed by atoms with Crippen LogP contribution in [0, 0.1) is 12.3 Å². The van der Waals surface area contributed by atoms with Crippen molar-refractivity contribution in [2.75, 3.05) is 12.9 Å². The van der Waals surface area contributed by atoms with Crippen LogP contribution in [-0.2, 0) is 10.5 Å². The van der Waals surface area contributed by atoms with Gasteiger partial charge in [-0.3, -0.25) is 4.79 Å². The molecule has 1 aliphatic carbocycles. The number of rotatable bonds is 7. The number of hydrogen-bond acceptors (Lipinski definition) is 3. The fourth-order valence-corrected chi connectivity index (χ4v) is 3.64. The van der Waals surface area contributed by atoms with Crippen molar-refractivity contribution in [1.29, 1.82) is 0 Å². The number of ether oxygens (including phenoxy) is 1. The predicted octanol–water partition coefficient (Wildman–Crippen LogP) is 3.49. The van der Waals surface area contributed by atoms with Crippen molar-refractivity contribution >= 4 is 17.7 Å². The molecule has 2 rings (SSSR count). The molecule has 104 valence electrons. The summed E-state index contributed by atoms with van der Waals surface area (Å²) in [5.74, 6) is 2.05. The summed E-state index contributed by atoms with van der Waals surface area (Å²) in [6, 6.07) is 6.18. The molecule has 1 aromatic carbocycles. The molecule has 1 aromatic rings. The van der Waals surface area contributed by atoms with E-state index in [4.69, 9.17) is 9.84 Å². The van der Waals surface area contributed by atoms with Crippen LogP contribution in [0.2, 0.25) is 0 Å². The molecule has 1 N–H and O–H groups in total. The molecular weight excluding hydrogens is 260 g/mol. The molecule has 0 aliphatic heterocycles. The van der Waals surface area contributed by atoms with E-state index in [-0.39, 0.29) is 5.41 Å². The maximum absolute atomic E-state index is 10.8. The van der Waals surface area contributed by atoms with Crippen molar-refractivity contribution in [2.24, 2.45) is 5.41 Å². The Hall–Kier alpha value is -1.16. The average Bonchev–Trinajstić information content (AvgIpc) is 3.08. The number of thioether (sulfide) groups is 1. The van der Waals surface area contributed by atoms with Gasteiger partial charge in [0.25, 0.3) is 0 Å². The lowest BCUT2D eigenvalue weighted by Gasteiger charge is -2.13. The van der Waals surface area contributed by atoms with Crippen molar-refractivity contribution in [3.8, 4) is 5.75 Å². The summed E-state index contributed by atoms with van der Waals surface area (Å²) in [6.45, 7) is 2.07. The minimum Gasteiger partial charge on any atom is -0.496 e. The third-order valence-corrected chi connectivity index (χ3v) is 4.92. The minimum atomic E-state index is -0.675. The first kappa shape index (κ1) is 14.3. The maximum atomic E-state index is 10.8. The van der Waals surface area contributed by atoms with Gasteiger partial charge in [-0.2, -0.15) is 11.8 Å². The molecular formula is C15H20O3S. The van der Waals surface area contributed by atoms with E-state index < -0.39 is 5.97 Å². The van der Waals surface area contributed by atoms with Crippen molar-refractivity contribution < 1.29 is 14.6 Å². The topological polar surface area (TPSA) is 46.5 Å². The van der Waals surface area contributed by atoms with Crippen LogP contribution in [-0.4, -0.2) is 23.9 Å². The van der Waals surface area contributed by atoms with Gasteiger partial charge in [0.2, 0.25) is 0 Å². The molecule has 0 saturated heterocycles. The predicted molar refractivity (Wildman–Crippen MR) is 77.8 cm³/mol. The van der Waals surface area contributed by atoms with Crippen molar-refractivity contribution in [3.05, 3.63) is 29.3 Å². The molecule has 1 aliphatic rings. The van der Waals surface area contributed by atoms with Gasteiger partial charge in [0.05, 0.1) is 13.5 Å². The number of hydrogen-bond donors (Lipinski definition) is 1. The summed E-state index contributed by atoms with van der Waals surface area (Å²) in [6.07, 6.45) is 2.42. The highest BCUT2D eigenvalue weighted by Gasteiger charge is 2.44. The van der Waals surface area contributed by atoms with E-state index in [9.17, 15) is 4.79 Å². The molecule has 0 spiro atoms. The van der Waals surface area contributed by atoms with Crippen LogP contribution in [0.5, 0.6) is 5.75 Å². The van der Waals surface area contributed by atoms with E-state index >= 15 is 0 Å².